The second-order valence-electron chi connectivity index (χ2n) is 3.23. The summed E-state index contributed by atoms with van der Waals surface area (Å²) in [6.07, 6.45) is 0. The molecule has 3 N–H and O–H groups in total. The lowest BCUT2D eigenvalue weighted by Crippen LogP contribution is -2.37. The van der Waals surface area contributed by atoms with Gasteiger partial charge in [0.15, 0.2) is 0 Å². The van der Waals surface area contributed by atoms with Crippen LogP contribution < -0.4 is 11.1 Å². The molecule has 0 radical (unpaired) electrons. The first kappa shape index (κ1) is 12.5. The summed E-state index contributed by atoms with van der Waals surface area (Å²) >= 11 is 9.10. The van der Waals surface area contributed by atoms with Gasteiger partial charge in [0.1, 0.15) is 0 Å². The third-order valence-electron chi connectivity index (χ3n) is 1.90. The van der Waals surface area contributed by atoms with Crippen LogP contribution in [0, 0.1) is 0 Å². The Kier molecular flexibility index (Phi) is 4.57. The van der Waals surface area contributed by atoms with Crippen LogP contribution in [0.1, 0.15) is 17.3 Å². The van der Waals surface area contributed by atoms with Crippen LogP contribution in [0.5, 0.6) is 0 Å². The molecule has 0 spiro atoms. The van der Waals surface area contributed by atoms with Gasteiger partial charge in [-0.1, -0.05) is 11.6 Å². The molecule has 0 heterocycles. The van der Waals surface area contributed by atoms with Crippen molar-refractivity contribution in [2.75, 3.05) is 6.54 Å². The van der Waals surface area contributed by atoms with Crippen molar-refractivity contribution in [3.05, 3.63) is 33.3 Å². The molecule has 1 aromatic carbocycles. The highest BCUT2D eigenvalue weighted by Gasteiger charge is 2.12. The molecule has 0 unspecified atom stereocenters. The first-order valence-corrected chi connectivity index (χ1v) is 5.67. The minimum Gasteiger partial charge on any atom is -0.348 e. The Morgan fingerprint density at radius 1 is 1.67 bits per heavy atom. The number of carbonyl (C=O) groups is 1. The monoisotopic (exact) mass is 290 g/mol. The summed E-state index contributed by atoms with van der Waals surface area (Å²) in [5, 5.41) is 3.29. The van der Waals surface area contributed by atoms with Gasteiger partial charge in [0, 0.05) is 22.1 Å². The third kappa shape index (κ3) is 3.48. The molecule has 0 aliphatic carbocycles. The van der Waals surface area contributed by atoms with Crippen LogP contribution in [0.15, 0.2) is 22.7 Å². The predicted molar refractivity (Wildman–Crippen MR) is 65.1 cm³/mol. The number of nitrogens with two attached hydrogens (primary N) is 1. The van der Waals surface area contributed by atoms with Gasteiger partial charge < -0.3 is 11.1 Å². The van der Waals surface area contributed by atoms with Crippen LogP contribution in [-0.2, 0) is 0 Å². The molecule has 0 aromatic heterocycles. The number of nitrogens with one attached hydrogen (secondary N) is 1. The highest BCUT2D eigenvalue weighted by Crippen LogP contribution is 2.21. The Morgan fingerprint density at radius 2 is 2.33 bits per heavy atom. The fourth-order valence-electron chi connectivity index (χ4n) is 1.03. The summed E-state index contributed by atoms with van der Waals surface area (Å²) in [6.45, 7) is 2.25. The lowest BCUT2D eigenvalue weighted by Gasteiger charge is -2.12. The molecule has 15 heavy (non-hydrogen) atoms. The van der Waals surface area contributed by atoms with Crippen molar-refractivity contribution in [1.82, 2.24) is 5.32 Å². The van der Waals surface area contributed by atoms with Crippen LogP contribution in [0.2, 0.25) is 5.02 Å². The molecule has 0 fully saturated rings. The average Bonchev–Trinajstić information content (AvgIpc) is 2.21. The molecule has 1 atom stereocenters. The summed E-state index contributed by atoms with van der Waals surface area (Å²) in [4.78, 5) is 11.7. The molecule has 0 aliphatic heterocycles. The lowest BCUT2D eigenvalue weighted by atomic mass is 10.2. The van der Waals surface area contributed by atoms with Crippen LogP contribution in [-0.4, -0.2) is 18.5 Å². The van der Waals surface area contributed by atoms with Crippen LogP contribution in [0.4, 0.5) is 0 Å². The number of hydrogen-bond acceptors (Lipinski definition) is 2. The number of halogens is 2. The molecule has 0 saturated carbocycles. The van der Waals surface area contributed by atoms with E-state index in [1.165, 1.54) is 0 Å². The molecule has 3 nitrogen and oxygen atoms in total. The van der Waals surface area contributed by atoms with Crippen molar-refractivity contribution in [3.63, 3.8) is 0 Å². The molecule has 1 aromatic rings. The topological polar surface area (TPSA) is 55.1 Å². The Bertz CT molecular complexity index is 370. The number of hydrogen-bond donors (Lipinski definition) is 2. The number of amides is 1. The van der Waals surface area contributed by atoms with Gasteiger partial charge in [-0.05, 0) is 41.1 Å². The van der Waals surface area contributed by atoms with Crippen molar-refractivity contribution in [1.29, 1.82) is 0 Å². The van der Waals surface area contributed by atoms with Crippen molar-refractivity contribution >= 4 is 33.4 Å². The first-order valence-electron chi connectivity index (χ1n) is 4.50. The summed E-state index contributed by atoms with van der Waals surface area (Å²) in [7, 11) is 0. The number of carbonyl (C=O) groups excluding carboxylic acids is 1. The fraction of sp³-hybridized carbons (Fsp3) is 0.300. The van der Waals surface area contributed by atoms with E-state index in [0.717, 1.165) is 0 Å². The molecule has 0 saturated heterocycles. The van der Waals surface area contributed by atoms with Gasteiger partial charge in [-0.15, -0.1) is 0 Å². The zero-order chi connectivity index (χ0) is 11.4. The number of benzene rings is 1. The maximum Gasteiger partial charge on any atom is 0.252 e. The van der Waals surface area contributed by atoms with E-state index >= 15 is 0 Å². The quantitative estimate of drug-likeness (QED) is 0.897. The van der Waals surface area contributed by atoms with E-state index in [2.05, 4.69) is 21.2 Å². The smallest absolute Gasteiger partial charge is 0.252 e. The average molecular weight is 292 g/mol. The largest absolute Gasteiger partial charge is 0.348 e. The highest BCUT2D eigenvalue weighted by molar-refractivity contribution is 9.10. The third-order valence-corrected chi connectivity index (χ3v) is 2.83. The Balaban J connectivity index is 2.86. The second kappa shape index (κ2) is 5.49. The van der Waals surface area contributed by atoms with E-state index in [1.54, 1.807) is 18.2 Å². The molecular weight excluding hydrogens is 279 g/mol. The van der Waals surface area contributed by atoms with Gasteiger partial charge in [-0.2, -0.15) is 0 Å². The summed E-state index contributed by atoms with van der Waals surface area (Å²) < 4.78 is 0.716. The summed E-state index contributed by atoms with van der Waals surface area (Å²) in [5.74, 6) is -0.178. The Hall–Kier alpha value is -0.580. The SMILES string of the molecule is C[C@@H](CN)NC(=O)c1cc(Cl)ccc1Br. The highest BCUT2D eigenvalue weighted by atomic mass is 79.9. The van der Waals surface area contributed by atoms with Gasteiger partial charge in [0.2, 0.25) is 0 Å². The summed E-state index contributed by atoms with van der Waals surface area (Å²) in [5.41, 5.74) is 5.93. The van der Waals surface area contributed by atoms with E-state index < -0.39 is 0 Å². The second-order valence-corrected chi connectivity index (χ2v) is 4.53. The maximum atomic E-state index is 11.7. The van der Waals surface area contributed by atoms with Crippen LogP contribution in [0.25, 0.3) is 0 Å². The number of rotatable bonds is 3. The van der Waals surface area contributed by atoms with Crippen LogP contribution >= 0.6 is 27.5 Å². The Morgan fingerprint density at radius 3 is 2.93 bits per heavy atom. The molecular formula is C10H12BrClN2O. The van der Waals surface area contributed by atoms with Crippen molar-refractivity contribution in [3.8, 4) is 0 Å². The van der Waals surface area contributed by atoms with Crippen LogP contribution in [0.3, 0.4) is 0 Å². The molecule has 1 amide bonds. The van der Waals surface area contributed by atoms with E-state index in [0.29, 0.717) is 21.6 Å². The van der Waals surface area contributed by atoms with Crippen molar-refractivity contribution < 1.29 is 4.79 Å². The molecule has 5 heteroatoms. The fourth-order valence-corrected chi connectivity index (χ4v) is 1.63. The zero-order valence-corrected chi connectivity index (χ0v) is 10.6. The molecule has 0 bridgehead atoms. The lowest BCUT2D eigenvalue weighted by molar-refractivity contribution is 0.0940. The van der Waals surface area contributed by atoms with Gasteiger partial charge in [0.25, 0.3) is 5.91 Å². The minimum absolute atomic E-state index is 0.0524. The Labute approximate surface area is 102 Å². The molecule has 1 rings (SSSR count). The standard InChI is InChI=1S/C10H12BrClN2O/c1-6(5-13)14-10(15)8-4-7(12)2-3-9(8)11/h2-4,6H,5,13H2,1H3,(H,14,15)/t6-/m0/s1. The van der Waals surface area contributed by atoms with Gasteiger partial charge in [-0.3, -0.25) is 4.79 Å². The maximum absolute atomic E-state index is 11.7. The molecule has 0 aliphatic rings. The van der Waals surface area contributed by atoms with E-state index in [1.807, 2.05) is 6.92 Å². The normalized spacial score (nSPS) is 12.3. The minimum atomic E-state index is -0.178. The first-order chi connectivity index (χ1) is 7.04. The zero-order valence-electron chi connectivity index (χ0n) is 8.26. The predicted octanol–water partition coefficient (Wildman–Crippen LogP) is 2.18. The van der Waals surface area contributed by atoms with Gasteiger partial charge in [-0.25, -0.2) is 0 Å². The van der Waals surface area contributed by atoms with Crippen molar-refractivity contribution in [2.45, 2.75) is 13.0 Å². The van der Waals surface area contributed by atoms with Gasteiger partial charge in [0.05, 0.1) is 5.56 Å². The van der Waals surface area contributed by atoms with Gasteiger partial charge >= 0.3 is 0 Å². The van der Waals surface area contributed by atoms with E-state index in [-0.39, 0.29) is 11.9 Å². The van der Waals surface area contributed by atoms with E-state index in [4.69, 9.17) is 17.3 Å². The summed E-state index contributed by atoms with van der Waals surface area (Å²) in [6, 6.07) is 5.02. The molecule has 82 valence electrons. The van der Waals surface area contributed by atoms with E-state index in [9.17, 15) is 4.79 Å². The van der Waals surface area contributed by atoms with Crippen molar-refractivity contribution in [2.24, 2.45) is 5.73 Å².